The lowest BCUT2D eigenvalue weighted by molar-refractivity contribution is -0.120. The summed E-state index contributed by atoms with van der Waals surface area (Å²) in [7, 11) is 0. The molecule has 0 spiro atoms. The molecular formula is C10H10O. The maximum absolute atomic E-state index is 11.4. The van der Waals surface area contributed by atoms with Gasteiger partial charge in [-0.1, -0.05) is 23.8 Å². The quantitative estimate of drug-likeness (QED) is 0.475. The Morgan fingerprint density at radius 3 is 3.09 bits per heavy atom. The Balaban J connectivity index is 2.12. The molecule has 1 heteroatoms. The summed E-state index contributed by atoms with van der Waals surface area (Å²) in [6.45, 7) is 0. The third kappa shape index (κ3) is 0.550. The average molecular weight is 146 g/mol. The maximum atomic E-state index is 11.4. The molecule has 0 amide bonds. The van der Waals surface area contributed by atoms with Crippen LogP contribution in [0.5, 0.6) is 0 Å². The van der Waals surface area contributed by atoms with E-state index in [0.29, 0.717) is 30.0 Å². The van der Waals surface area contributed by atoms with Gasteiger partial charge >= 0.3 is 0 Å². The molecular weight excluding hydrogens is 136 g/mol. The monoisotopic (exact) mass is 146 g/mol. The van der Waals surface area contributed by atoms with Crippen LogP contribution in [0.4, 0.5) is 0 Å². The van der Waals surface area contributed by atoms with Crippen molar-refractivity contribution in [3.63, 3.8) is 0 Å². The van der Waals surface area contributed by atoms with Crippen LogP contribution in [0.1, 0.15) is 12.8 Å². The molecule has 3 atom stereocenters. The zero-order chi connectivity index (χ0) is 7.42. The van der Waals surface area contributed by atoms with Crippen LogP contribution in [0.3, 0.4) is 0 Å². The zero-order valence-corrected chi connectivity index (χ0v) is 6.29. The molecule has 0 radical (unpaired) electrons. The van der Waals surface area contributed by atoms with Gasteiger partial charge in [0.1, 0.15) is 5.78 Å². The maximum Gasteiger partial charge on any atom is 0.144 e. The molecule has 1 saturated carbocycles. The molecule has 2 bridgehead atoms. The summed E-state index contributed by atoms with van der Waals surface area (Å²) in [5, 5.41) is 0. The molecule has 1 fully saturated rings. The molecule has 0 aromatic heterocycles. The van der Waals surface area contributed by atoms with Crippen LogP contribution in [-0.4, -0.2) is 5.78 Å². The Morgan fingerprint density at radius 2 is 2.27 bits per heavy atom. The van der Waals surface area contributed by atoms with Crippen molar-refractivity contribution in [2.45, 2.75) is 12.8 Å². The fraction of sp³-hybridized carbons (Fsp3) is 0.500. The van der Waals surface area contributed by atoms with Gasteiger partial charge in [0.05, 0.1) is 0 Å². The summed E-state index contributed by atoms with van der Waals surface area (Å²) in [4.78, 5) is 11.4. The molecule has 0 aromatic rings. The molecule has 0 N–H and O–H groups in total. The highest BCUT2D eigenvalue weighted by atomic mass is 16.1. The van der Waals surface area contributed by atoms with E-state index < -0.39 is 0 Å². The zero-order valence-electron chi connectivity index (χ0n) is 6.29. The van der Waals surface area contributed by atoms with Crippen LogP contribution < -0.4 is 0 Å². The molecule has 3 aliphatic rings. The number of allylic oxidation sites excluding steroid dienone is 4. The van der Waals surface area contributed by atoms with Gasteiger partial charge < -0.3 is 0 Å². The van der Waals surface area contributed by atoms with Gasteiger partial charge in [-0.3, -0.25) is 4.79 Å². The van der Waals surface area contributed by atoms with Crippen molar-refractivity contribution >= 4 is 5.78 Å². The second-order valence-electron chi connectivity index (χ2n) is 3.74. The lowest BCUT2D eigenvalue weighted by atomic mass is 9.90. The van der Waals surface area contributed by atoms with E-state index >= 15 is 0 Å². The van der Waals surface area contributed by atoms with Gasteiger partial charge in [0.25, 0.3) is 0 Å². The molecule has 0 unspecified atom stereocenters. The third-order valence-corrected chi connectivity index (χ3v) is 3.22. The number of ketones is 1. The van der Waals surface area contributed by atoms with Crippen molar-refractivity contribution in [2.75, 3.05) is 0 Å². The van der Waals surface area contributed by atoms with Gasteiger partial charge in [0.15, 0.2) is 0 Å². The van der Waals surface area contributed by atoms with Crippen molar-refractivity contribution < 1.29 is 4.79 Å². The van der Waals surface area contributed by atoms with E-state index in [1.807, 2.05) is 0 Å². The Labute approximate surface area is 65.8 Å². The van der Waals surface area contributed by atoms with Crippen LogP contribution in [0.15, 0.2) is 23.8 Å². The SMILES string of the molecule is O=C1CC=C2[C@H]1[C@@H]1C=C[C@H]2C1. The predicted molar refractivity (Wildman–Crippen MR) is 41.9 cm³/mol. The Kier molecular flexibility index (Phi) is 0.867. The molecule has 1 nitrogen and oxygen atoms in total. The second-order valence-corrected chi connectivity index (χ2v) is 3.74. The van der Waals surface area contributed by atoms with Crippen LogP contribution in [0, 0.1) is 17.8 Å². The Bertz CT molecular complexity index is 285. The van der Waals surface area contributed by atoms with E-state index in [9.17, 15) is 4.79 Å². The minimum absolute atomic E-state index is 0.310. The molecule has 56 valence electrons. The highest BCUT2D eigenvalue weighted by Crippen LogP contribution is 2.50. The number of carbonyl (C=O) groups excluding carboxylic acids is 1. The highest BCUT2D eigenvalue weighted by molar-refractivity contribution is 5.90. The number of rotatable bonds is 0. The topological polar surface area (TPSA) is 17.1 Å². The summed E-state index contributed by atoms with van der Waals surface area (Å²) in [5.41, 5.74) is 1.43. The third-order valence-electron chi connectivity index (χ3n) is 3.22. The van der Waals surface area contributed by atoms with Crippen molar-refractivity contribution in [3.8, 4) is 0 Å². The minimum Gasteiger partial charge on any atom is -0.299 e. The summed E-state index contributed by atoms with van der Waals surface area (Å²) in [6.07, 6.45) is 8.57. The van der Waals surface area contributed by atoms with Crippen LogP contribution in [0.2, 0.25) is 0 Å². The minimum atomic E-state index is 0.310. The summed E-state index contributed by atoms with van der Waals surface area (Å²) in [6, 6.07) is 0. The van der Waals surface area contributed by atoms with Crippen molar-refractivity contribution in [1.82, 2.24) is 0 Å². The fourth-order valence-corrected chi connectivity index (χ4v) is 2.75. The first-order valence-corrected chi connectivity index (χ1v) is 4.27. The number of carbonyl (C=O) groups is 1. The van der Waals surface area contributed by atoms with Crippen LogP contribution in [0.25, 0.3) is 0 Å². The van der Waals surface area contributed by atoms with Crippen LogP contribution in [-0.2, 0) is 4.79 Å². The average Bonchev–Trinajstić information content (AvgIpc) is 2.60. The van der Waals surface area contributed by atoms with Gasteiger partial charge in [-0.25, -0.2) is 0 Å². The summed E-state index contributed by atoms with van der Waals surface area (Å²) >= 11 is 0. The molecule has 3 rings (SSSR count). The molecule has 0 aliphatic heterocycles. The Hall–Kier alpha value is -0.850. The number of hydrogen-bond acceptors (Lipinski definition) is 1. The van der Waals surface area contributed by atoms with E-state index in [1.165, 1.54) is 12.0 Å². The van der Waals surface area contributed by atoms with Gasteiger partial charge in [-0.15, -0.1) is 0 Å². The standard InChI is InChI=1S/C10H10O/c11-9-4-3-8-6-1-2-7(5-6)10(8)9/h1-3,6-7,10H,4-5H2/t6-,7+,10+/m0/s1. The lowest BCUT2D eigenvalue weighted by Crippen LogP contribution is -2.15. The second kappa shape index (κ2) is 1.66. The number of hydrogen-bond donors (Lipinski definition) is 0. The fourth-order valence-electron chi connectivity index (χ4n) is 2.75. The summed E-state index contributed by atoms with van der Waals surface area (Å²) < 4.78 is 0. The first kappa shape index (κ1) is 5.76. The molecule has 0 aromatic carbocycles. The Morgan fingerprint density at radius 1 is 1.36 bits per heavy atom. The van der Waals surface area contributed by atoms with Crippen molar-refractivity contribution in [3.05, 3.63) is 23.8 Å². The smallest absolute Gasteiger partial charge is 0.144 e. The van der Waals surface area contributed by atoms with E-state index in [0.717, 1.165) is 0 Å². The summed E-state index contributed by atoms with van der Waals surface area (Å²) in [5.74, 6) is 1.97. The van der Waals surface area contributed by atoms with Crippen LogP contribution >= 0.6 is 0 Å². The first-order valence-electron chi connectivity index (χ1n) is 4.27. The first-order chi connectivity index (χ1) is 5.36. The van der Waals surface area contributed by atoms with Crippen molar-refractivity contribution in [1.29, 1.82) is 0 Å². The molecule has 0 heterocycles. The van der Waals surface area contributed by atoms with Gasteiger partial charge in [0, 0.05) is 12.3 Å². The molecule has 11 heavy (non-hydrogen) atoms. The largest absolute Gasteiger partial charge is 0.299 e. The predicted octanol–water partition coefficient (Wildman–Crippen LogP) is 1.71. The van der Waals surface area contributed by atoms with E-state index in [1.54, 1.807) is 0 Å². The molecule has 0 saturated heterocycles. The number of fused-ring (bicyclic) bond motifs is 5. The van der Waals surface area contributed by atoms with E-state index in [-0.39, 0.29) is 0 Å². The van der Waals surface area contributed by atoms with Gasteiger partial charge in [-0.2, -0.15) is 0 Å². The van der Waals surface area contributed by atoms with E-state index in [2.05, 4.69) is 18.2 Å². The lowest BCUT2D eigenvalue weighted by Gasteiger charge is -2.13. The molecule has 3 aliphatic carbocycles. The van der Waals surface area contributed by atoms with Gasteiger partial charge in [-0.05, 0) is 18.3 Å². The van der Waals surface area contributed by atoms with E-state index in [4.69, 9.17) is 0 Å². The van der Waals surface area contributed by atoms with Gasteiger partial charge in [0.2, 0.25) is 0 Å². The normalized spacial score (nSPS) is 44.9. The van der Waals surface area contributed by atoms with Crippen molar-refractivity contribution in [2.24, 2.45) is 17.8 Å². The highest BCUT2D eigenvalue weighted by Gasteiger charge is 2.45. The number of Topliss-reactive ketones (excluding diaryl/α,β-unsaturated/α-hetero) is 1.